The van der Waals surface area contributed by atoms with Crippen LogP contribution in [0.5, 0.6) is 5.75 Å². The number of fused-ring (bicyclic) bond motifs is 3. The summed E-state index contributed by atoms with van der Waals surface area (Å²) in [7, 11) is 0. The van der Waals surface area contributed by atoms with Crippen molar-refractivity contribution in [2.75, 3.05) is 22.1 Å². The standard InChI is InChI=1S/C27H23N7O3/c1-16-22-11-25(32-18-9-19(14-28-13-18)33-27(36)17-6-7-30-31-12-17)29-15-23(22)21-5-4-20(10-24(21)37-16)34-8-2-3-26(34)35/h4-7,9-16H,2-3,8H2,1H3,(H,29,32)(H,33,36). The Bertz CT molecular complexity index is 1510. The SMILES string of the molecule is CC1Oc2cc(N3CCCC3=O)ccc2-c2cnc(Nc3cncc(NC(=O)c4ccnnc4)c3)cc21. The summed E-state index contributed by atoms with van der Waals surface area (Å²) in [5.74, 6) is 1.22. The van der Waals surface area contributed by atoms with Crippen molar-refractivity contribution in [1.82, 2.24) is 20.2 Å². The third-order valence-corrected chi connectivity index (χ3v) is 6.43. The van der Waals surface area contributed by atoms with Gasteiger partial charge in [-0.1, -0.05) is 0 Å². The first-order valence-corrected chi connectivity index (χ1v) is 12.0. The normalized spacial score (nSPS) is 16.0. The molecule has 0 bridgehead atoms. The molecular weight excluding hydrogens is 470 g/mol. The zero-order valence-electron chi connectivity index (χ0n) is 20.0. The number of hydrogen-bond acceptors (Lipinski definition) is 8. The Kier molecular flexibility index (Phi) is 5.68. The zero-order valence-corrected chi connectivity index (χ0v) is 20.0. The lowest BCUT2D eigenvalue weighted by atomic mass is 9.94. The molecule has 6 rings (SSSR count). The summed E-state index contributed by atoms with van der Waals surface area (Å²) < 4.78 is 6.24. The van der Waals surface area contributed by atoms with Crippen LogP contribution in [-0.4, -0.2) is 38.5 Å². The van der Waals surface area contributed by atoms with Gasteiger partial charge in [-0.3, -0.25) is 14.6 Å². The van der Waals surface area contributed by atoms with Crippen LogP contribution in [0.1, 0.15) is 41.8 Å². The van der Waals surface area contributed by atoms with Gasteiger partial charge in [-0.2, -0.15) is 10.2 Å². The Morgan fingerprint density at radius 1 is 1.03 bits per heavy atom. The molecule has 0 saturated carbocycles. The maximum absolute atomic E-state index is 12.4. The van der Waals surface area contributed by atoms with Crippen molar-refractivity contribution >= 4 is 34.7 Å². The lowest BCUT2D eigenvalue weighted by Gasteiger charge is -2.28. The number of carbonyl (C=O) groups is 2. The molecular formula is C27H23N7O3. The average molecular weight is 494 g/mol. The van der Waals surface area contributed by atoms with Crippen LogP contribution in [0, 0.1) is 0 Å². The Morgan fingerprint density at radius 2 is 1.92 bits per heavy atom. The van der Waals surface area contributed by atoms with Gasteiger partial charge in [-0.15, -0.1) is 0 Å². The van der Waals surface area contributed by atoms with Gasteiger partial charge in [0.15, 0.2) is 0 Å². The Morgan fingerprint density at radius 3 is 2.73 bits per heavy atom. The molecule has 4 aromatic rings. The summed E-state index contributed by atoms with van der Waals surface area (Å²) in [6, 6.07) is 11.2. The van der Waals surface area contributed by atoms with Gasteiger partial charge in [0.25, 0.3) is 5.91 Å². The molecule has 184 valence electrons. The molecule has 2 aliphatic rings. The maximum atomic E-state index is 12.4. The number of carbonyl (C=O) groups excluding carboxylic acids is 2. The summed E-state index contributed by atoms with van der Waals surface area (Å²) in [6.07, 6.45) is 9.17. The number of benzene rings is 1. The van der Waals surface area contributed by atoms with E-state index >= 15 is 0 Å². The molecule has 1 unspecified atom stereocenters. The second-order valence-electron chi connectivity index (χ2n) is 8.92. The van der Waals surface area contributed by atoms with E-state index in [2.05, 4.69) is 30.8 Å². The van der Waals surface area contributed by atoms with E-state index in [0.29, 0.717) is 29.2 Å². The van der Waals surface area contributed by atoms with Gasteiger partial charge in [0, 0.05) is 47.6 Å². The number of hydrogen-bond donors (Lipinski definition) is 2. The molecule has 37 heavy (non-hydrogen) atoms. The maximum Gasteiger partial charge on any atom is 0.257 e. The molecule has 2 N–H and O–H groups in total. The first kappa shape index (κ1) is 22.6. The Hall–Kier alpha value is -4.86. The number of nitrogens with one attached hydrogen (secondary N) is 2. The highest BCUT2D eigenvalue weighted by Gasteiger charge is 2.27. The van der Waals surface area contributed by atoms with Gasteiger partial charge in [-0.25, -0.2) is 4.98 Å². The van der Waals surface area contributed by atoms with E-state index in [0.717, 1.165) is 41.1 Å². The van der Waals surface area contributed by atoms with Crippen LogP contribution < -0.4 is 20.3 Å². The summed E-state index contributed by atoms with van der Waals surface area (Å²) in [6.45, 7) is 2.73. The first-order chi connectivity index (χ1) is 18.0. The minimum absolute atomic E-state index is 0.147. The second-order valence-corrected chi connectivity index (χ2v) is 8.92. The number of nitrogens with zero attached hydrogens (tertiary/aromatic N) is 5. The Balaban J connectivity index is 1.22. The molecule has 1 fully saturated rings. The largest absolute Gasteiger partial charge is 0.485 e. The van der Waals surface area contributed by atoms with Gasteiger partial charge in [0.1, 0.15) is 17.7 Å². The lowest BCUT2D eigenvalue weighted by molar-refractivity contribution is -0.117. The fourth-order valence-corrected chi connectivity index (χ4v) is 4.63. The van der Waals surface area contributed by atoms with Crippen LogP contribution in [0.4, 0.5) is 22.9 Å². The summed E-state index contributed by atoms with van der Waals surface area (Å²) >= 11 is 0. The molecule has 1 atom stereocenters. The Labute approximate surface area is 212 Å². The molecule has 0 spiro atoms. The van der Waals surface area contributed by atoms with Crippen molar-refractivity contribution in [3.63, 3.8) is 0 Å². The number of amides is 2. The summed E-state index contributed by atoms with van der Waals surface area (Å²) in [5.41, 5.74) is 5.40. The fraction of sp³-hybridized carbons (Fsp3) is 0.185. The fourth-order valence-electron chi connectivity index (χ4n) is 4.63. The second kappa shape index (κ2) is 9.30. The predicted molar refractivity (Wildman–Crippen MR) is 138 cm³/mol. The number of ether oxygens (including phenoxy) is 1. The number of pyridine rings is 2. The molecule has 10 nitrogen and oxygen atoms in total. The molecule has 5 heterocycles. The van der Waals surface area contributed by atoms with Crippen molar-refractivity contribution in [2.45, 2.75) is 25.9 Å². The highest BCUT2D eigenvalue weighted by molar-refractivity contribution is 6.04. The van der Waals surface area contributed by atoms with Gasteiger partial charge in [-0.05, 0) is 43.7 Å². The summed E-state index contributed by atoms with van der Waals surface area (Å²) in [4.78, 5) is 35.2. The number of anilines is 4. The molecule has 1 saturated heterocycles. The highest BCUT2D eigenvalue weighted by atomic mass is 16.5. The van der Waals surface area contributed by atoms with Crippen molar-refractivity contribution in [3.8, 4) is 16.9 Å². The van der Waals surface area contributed by atoms with Crippen LogP contribution in [-0.2, 0) is 4.79 Å². The molecule has 0 aliphatic carbocycles. The topological polar surface area (TPSA) is 122 Å². The van der Waals surface area contributed by atoms with Crippen molar-refractivity contribution in [2.24, 2.45) is 0 Å². The predicted octanol–water partition coefficient (Wildman–Crippen LogP) is 4.51. The lowest BCUT2D eigenvalue weighted by Crippen LogP contribution is -2.24. The molecule has 1 aromatic carbocycles. The van der Waals surface area contributed by atoms with Crippen LogP contribution in [0.2, 0.25) is 0 Å². The third kappa shape index (κ3) is 4.44. The van der Waals surface area contributed by atoms with Crippen LogP contribution in [0.15, 0.2) is 67.4 Å². The van der Waals surface area contributed by atoms with E-state index in [1.807, 2.05) is 42.3 Å². The van der Waals surface area contributed by atoms with Gasteiger partial charge in [0.2, 0.25) is 5.91 Å². The van der Waals surface area contributed by atoms with Crippen LogP contribution >= 0.6 is 0 Å². The van der Waals surface area contributed by atoms with Gasteiger partial charge < -0.3 is 20.3 Å². The van der Waals surface area contributed by atoms with E-state index in [-0.39, 0.29) is 17.9 Å². The van der Waals surface area contributed by atoms with Gasteiger partial charge in [0.05, 0.1) is 41.7 Å². The quantitative estimate of drug-likeness (QED) is 0.416. The minimum Gasteiger partial charge on any atom is -0.485 e. The van der Waals surface area contributed by atoms with E-state index in [9.17, 15) is 9.59 Å². The first-order valence-electron chi connectivity index (χ1n) is 12.0. The van der Waals surface area contributed by atoms with Crippen LogP contribution in [0.3, 0.4) is 0 Å². The van der Waals surface area contributed by atoms with E-state index < -0.39 is 0 Å². The van der Waals surface area contributed by atoms with Crippen LogP contribution in [0.25, 0.3) is 11.1 Å². The smallest absolute Gasteiger partial charge is 0.257 e. The van der Waals surface area contributed by atoms with Crippen molar-refractivity contribution in [1.29, 1.82) is 0 Å². The molecule has 3 aromatic heterocycles. The zero-order chi connectivity index (χ0) is 25.4. The average Bonchev–Trinajstić information content (AvgIpc) is 3.35. The summed E-state index contributed by atoms with van der Waals surface area (Å²) in [5, 5.41) is 13.5. The monoisotopic (exact) mass is 493 g/mol. The van der Waals surface area contributed by atoms with E-state index in [1.165, 1.54) is 12.4 Å². The van der Waals surface area contributed by atoms with E-state index in [4.69, 9.17) is 4.74 Å². The third-order valence-electron chi connectivity index (χ3n) is 6.43. The molecule has 2 amide bonds. The molecule has 2 aliphatic heterocycles. The minimum atomic E-state index is -0.303. The molecule has 10 heteroatoms. The van der Waals surface area contributed by atoms with E-state index in [1.54, 1.807) is 24.5 Å². The van der Waals surface area contributed by atoms with Gasteiger partial charge >= 0.3 is 0 Å². The highest BCUT2D eigenvalue weighted by Crippen LogP contribution is 2.44. The van der Waals surface area contributed by atoms with Crippen molar-refractivity contribution in [3.05, 3.63) is 78.5 Å². The number of rotatable bonds is 5. The molecule has 0 radical (unpaired) electrons. The number of aromatic nitrogens is 4. The van der Waals surface area contributed by atoms with Crippen molar-refractivity contribution < 1.29 is 14.3 Å².